The molecule has 60 heavy (non-hydrogen) atoms. The molecule has 2 fully saturated rings. The summed E-state index contributed by atoms with van der Waals surface area (Å²) in [5, 5.41) is 5.41. The minimum Gasteiger partial charge on any atom is -0.453 e. The lowest BCUT2D eigenvalue weighted by molar-refractivity contribution is -0.136. The number of carbonyl (C=O) groups is 4. The summed E-state index contributed by atoms with van der Waals surface area (Å²) >= 11 is 3.42. The molecule has 2 aromatic carbocycles. The van der Waals surface area contributed by atoms with Crippen LogP contribution in [0.5, 0.6) is 0 Å². The summed E-state index contributed by atoms with van der Waals surface area (Å²) in [4.78, 5) is 67.2. The number of hydrogen-bond donors (Lipinski definition) is 2. The van der Waals surface area contributed by atoms with Crippen LogP contribution in [0.1, 0.15) is 78.2 Å². The lowest BCUT2D eigenvalue weighted by Gasteiger charge is -2.29. The number of likely N-dealkylation sites (tertiary alicyclic amines) is 2. The molecule has 4 amide bonds. The third kappa shape index (κ3) is 7.94. The van der Waals surface area contributed by atoms with E-state index in [1.165, 1.54) is 14.2 Å². The highest BCUT2D eigenvalue weighted by Crippen LogP contribution is 2.44. The van der Waals surface area contributed by atoms with Crippen molar-refractivity contribution in [3.63, 3.8) is 0 Å². The summed E-state index contributed by atoms with van der Waals surface area (Å²) in [6.45, 7) is 12.9. The number of fused-ring (bicyclic) bond motifs is 3. The van der Waals surface area contributed by atoms with E-state index in [1.54, 1.807) is 32.5 Å². The average molecular weight is 855 g/mol. The van der Waals surface area contributed by atoms with Crippen LogP contribution in [0.2, 0.25) is 0 Å². The Morgan fingerprint density at radius 2 is 1.07 bits per heavy atom. The van der Waals surface area contributed by atoms with Crippen LogP contribution in [-0.2, 0) is 19.1 Å². The van der Waals surface area contributed by atoms with E-state index in [9.17, 15) is 19.2 Å². The largest absolute Gasteiger partial charge is 0.453 e. The van der Waals surface area contributed by atoms with Crippen LogP contribution in [-0.4, -0.2) is 83.2 Å². The molecule has 6 heterocycles. The number of amides is 4. The van der Waals surface area contributed by atoms with Gasteiger partial charge in [-0.15, -0.1) is 22.7 Å². The topological polar surface area (TPSA) is 169 Å². The highest BCUT2D eigenvalue weighted by Gasteiger charge is 2.42. The van der Waals surface area contributed by atoms with Gasteiger partial charge in [-0.2, -0.15) is 0 Å². The van der Waals surface area contributed by atoms with Crippen molar-refractivity contribution in [3.05, 3.63) is 60.3 Å². The lowest BCUT2D eigenvalue weighted by atomic mass is 10.0. The summed E-state index contributed by atoms with van der Waals surface area (Å²) in [6.07, 6.45) is 0.134. The molecule has 2 saturated heterocycles. The van der Waals surface area contributed by atoms with Gasteiger partial charge in [0.15, 0.2) is 11.2 Å². The van der Waals surface area contributed by atoms with E-state index in [4.69, 9.17) is 28.3 Å². The van der Waals surface area contributed by atoms with Gasteiger partial charge in [0.2, 0.25) is 23.6 Å². The van der Waals surface area contributed by atoms with Crippen molar-refractivity contribution in [1.29, 1.82) is 0 Å². The quantitative estimate of drug-likeness (QED) is 0.136. The first-order chi connectivity index (χ1) is 28.7. The first-order valence-corrected chi connectivity index (χ1v) is 22.0. The van der Waals surface area contributed by atoms with Crippen LogP contribution < -0.4 is 10.6 Å². The molecule has 2 aliphatic rings. The number of hydrogen-bond acceptors (Lipinski definition) is 12. The van der Waals surface area contributed by atoms with Crippen LogP contribution >= 0.6 is 22.7 Å². The van der Waals surface area contributed by atoms with Gasteiger partial charge in [-0.25, -0.2) is 19.6 Å². The van der Waals surface area contributed by atoms with Gasteiger partial charge < -0.3 is 38.7 Å². The molecule has 0 spiro atoms. The first kappa shape index (κ1) is 41.3. The Morgan fingerprint density at radius 1 is 0.667 bits per heavy atom. The summed E-state index contributed by atoms with van der Waals surface area (Å²) in [5.41, 5.74) is 4.79. The molecule has 316 valence electrons. The number of carbonyl (C=O) groups excluding carboxylic acids is 4. The fourth-order valence-corrected chi connectivity index (χ4v) is 10.8. The second-order valence-corrected chi connectivity index (χ2v) is 19.0. The molecule has 6 aromatic rings. The third-order valence-corrected chi connectivity index (χ3v) is 13.9. The van der Waals surface area contributed by atoms with E-state index in [-0.39, 0.29) is 47.6 Å². The van der Waals surface area contributed by atoms with Crippen molar-refractivity contribution in [2.45, 2.75) is 78.6 Å². The van der Waals surface area contributed by atoms with Crippen molar-refractivity contribution in [3.8, 4) is 20.9 Å². The van der Waals surface area contributed by atoms with Crippen molar-refractivity contribution in [2.24, 2.45) is 23.7 Å². The molecular weight excluding hydrogens is 805 g/mol. The van der Waals surface area contributed by atoms with E-state index in [1.807, 2.05) is 64.1 Å². The molecule has 16 heteroatoms. The van der Waals surface area contributed by atoms with Crippen LogP contribution in [0.25, 0.3) is 52.5 Å². The molecule has 0 aliphatic carbocycles. The average Bonchev–Trinajstić information content (AvgIpc) is 4.07. The maximum absolute atomic E-state index is 13.8. The molecule has 6 atom stereocenters. The first-order valence-electron chi connectivity index (χ1n) is 20.4. The summed E-state index contributed by atoms with van der Waals surface area (Å²) < 4.78 is 24.5. The van der Waals surface area contributed by atoms with Gasteiger partial charge in [0.1, 0.15) is 35.2 Å². The molecule has 0 radical (unpaired) electrons. The number of thiophene rings is 2. The summed E-state index contributed by atoms with van der Waals surface area (Å²) in [5.74, 6) is 0.824. The zero-order valence-corrected chi connectivity index (χ0v) is 36.6. The SMILES string of the molecule is COC(=O)N[C@H](C(=O)N1C[C@@H](C)C[C@H]1c1nc2cc(-c3cc4sc(-c5ccc6oc([C@@H]7C[C@H](C)CN7C(=O)[C@@H](NC(=O)OC)C(C)C)nc6c5)cc4s3)ccc2o1)C(C)C. The van der Waals surface area contributed by atoms with Gasteiger partial charge in [-0.1, -0.05) is 41.5 Å². The van der Waals surface area contributed by atoms with E-state index < -0.39 is 24.3 Å². The minimum absolute atomic E-state index is 0.137. The van der Waals surface area contributed by atoms with Gasteiger partial charge in [0, 0.05) is 32.2 Å². The number of methoxy groups -OCH3 is 2. The Kier molecular flexibility index (Phi) is 11.4. The van der Waals surface area contributed by atoms with Crippen molar-refractivity contribution in [1.82, 2.24) is 30.4 Å². The fraction of sp³-hybridized carbons (Fsp3) is 0.455. The standard InChI is InChI=1S/C44H50N6O8S2/c1-21(2)37(47-43(53)55-7)41(51)49-19-23(5)13-29(49)39-45-27-15-25(9-11-31(27)57-39)33-17-35-36(59-33)18-34(60-35)26-10-12-32-28(16-26)46-40(58-32)30-14-24(6)20-50(30)42(52)38(22(3)4)48-44(54)56-8/h9-12,15-18,21-24,29-30,37-38H,13-14,19-20H2,1-8H3,(H,47,53)(H,48,54)/t23-,24-,29-,30-,37-,38-/m0/s1. The van der Waals surface area contributed by atoms with Crippen molar-refractivity contribution < 1.29 is 37.5 Å². The maximum atomic E-state index is 13.8. The molecule has 8 rings (SSSR count). The molecular formula is C44H50N6O8S2. The number of nitrogens with zero attached hydrogens (tertiary/aromatic N) is 4. The molecule has 4 aromatic heterocycles. The Hall–Kier alpha value is -5.48. The highest BCUT2D eigenvalue weighted by atomic mass is 32.1. The van der Waals surface area contributed by atoms with E-state index in [0.29, 0.717) is 48.9 Å². The van der Waals surface area contributed by atoms with Crippen LogP contribution in [0.3, 0.4) is 0 Å². The van der Waals surface area contributed by atoms with E-state index >= 15 is 0 Å². The molecule has 2 aliphatic heterocycles. The Bertz CT molecular complexity index is 2390. The number of ether oxygens (including phenoxy) is 2. The van der Waals surface area contributed by atoms with Crippen molar-refractivity contribution >= 4 is 78.3 Å². The minimum atomic E-state index is -0.731. The third-order valence-electron chi connectivity index (χ3n) is 11.5. The second kappa shape index (κ2) is 16.5. The highest BCUT2D eigenvalue weighted by molar-refractivity contribution is 7.31. The van der Waals surface area contributed by atoms with Crippen LogP contribution in [0.4, 0.5) is 9.59 Å². The second-order valence-electron chi connectivity index (χ2n) is 16.8. The van der Waals surface area contributed by atoms with Gasteiger partial charge >= 0.3 is 12.2 Å². The van der Waals surface area contributed by atoms with Gasteiger partial charge in [0.05, 0.1) is 14.2 Å². The molecule has 2 N–H and O–H groups in total. The number of rotatable bonds is 10. The Morgan fingerprint density at radius 3 is 1.43 bits per heavy atom. The smallest absolute Gasteiger partial charge is 0.407 e. The zero-order chi connectivity index (χ0) is 42.6. The van der Waals surface area contributed by atoms with Crippen LogP contribution in [0.15, 0.2) is 57.4 Å². The van der Waals surface area contributed by atoms with Gasteiger partial charge in [-0.05, 0) is 96.2 Å². The fourth-order valence-electron chi connectivity index (χ4n) is 8.41. The Balaban J connectivity index is 1.00. The number of oxazole rings is 2. The van der Waals surface area contributed by atoms with Crippen LogP contribution in [0, 0.1) is 23.7 Å². The summed E-state index contributed by atoms with van der Waals surface area (Å²) in [7, 11) is 2.57. The maximum Gasteiger partial charge on any atom is 0.407 e. The van der Waals surface area contributed by atoms with E-state index in [0.717, 1.165) is 41.3 Å². The lowest BCUT2D eigenvalue weighted by Crippen LogP contribution is -2.51. The van der Waals surface area contributed by atoms with E-state index in [2.05, 4.69) is 36.6 Å². The normalized spacial score (nSPS) is 20.4. The van der Waals surface area contributed by atoms with Crippen molar-refractivity contribution in [2.75, 3.05) is 27.3 Å². The van der Waals surface area contributed by atoms with Gasteiger partial charge in [-0.3, -0.25) is 9.59 Å². The monoisotopic (exact) mass is 854 g/mol. The molecule has 0 unspecified atom stereocenters. The predicted octanol–water partition coefficient (Wildman–Crippen LogP) is 9.16. The number of nitrogens with one attached hydrogen (secondary N) is 2. The summed E-state index contributed by atoms with van der Waals surface area (Å²) in [6, 6.07) is 14.3. The Labute approximate surface area is 355 Å². The predicted molar refractivity (Wildman–Crippen MR) is 231 cm³/mol. The van der Waals surface area contributed by atoms with Gasteiger partial charge in [0.25, 0.3) is 0 Å². The zero-order valence-electron chi connectivity index (χ0n) is 34.9. The molecule has 14 nitrogen and oxygen atoms in total. The molecule has 0 saturated carbocycles. The number of aromatic nitrogens is 2. The number of alkyl carbamates (subject to hydrolysis) is 2. The number of benzene rings is 2. The molecule has 0 bridgehead atoms.